The van der Waals surface area contributed by atoms with Crippen molar-refractivity contribution in [2.75, 3.05) is 0 Å². The smallest absolute Gasteiger partial charge is 0.251 e. The Balaban J connectivity index is -0.00000000667. The van der Waals surface area contributed by atoms with E-state index in [-0.39, 0.29) is 75.4 Å². The summed E-state index contributed by atoms with van der Waals surface area (Å²) in [6.45, 7) is 0. The second-order valence-corrected chi connectivity index (χ2v) is 0. The second-order valence-electron chi connectivity index (χ2n) is 0. The first kappa shape index (κ1) is 25.5. The molecule has 0 spiro atoms. The Morgan fingerprint density at radius 1 is 1.33 bits per heavy atom. The van der Waals surface area contributed by atoms with Gasteiger partial charge in [0.1, 0.15) is 0 Å². The van der Waals surface area contributed by atoms with Crippen LogP contribution in [-0.4, -0.2) is 16.3 Å². The molecular weight excluding hydrogens is 93.6 g/mol. The normalized spacial score (nSPS) is 1.33. The standard InChI is InChI=1S/CH3BN.BH4.2Na/c2-1-3;;;/h2H3;1H4;;/q2*-1;2*+1. The van der Waals surface area contributed by atoms with Gasteiger partial charge in [-0.15, -0.1) is 0 Å². The molecule has 0 atom stereocenters. The van der Waals surface area contributed by atoms with Gasteiger partial charge in [0, 0.05) is 0 Å². The minimum Gasteiger partial charge on any atom is -0.251 e. The molecular formula is CH7B2NNa2. The summed E-state index contributed by atoms with van der Waals surface area (Å²) in [5.74, 6) is 2.00. The Bertz CT molecular complexity index is 33.0. The van der Waals surface area contributed by atoms with Crippen molar-refractivity contribution in [3.63, 3.8) is 0 Å². The second kappa shape index (κ2) is 30.5. The maximum Gasteiger partial charge on any atom is 1.00 e. The van der Waals surface area contributed by atoms with E-state index < -0.39 is 0 Å². The molecule has 24 valence electrons. The van der Waals surface area contributed by atoms with E-state index in [4.69, 9.17) is 5.26 Å². The Labute approximate surface area is 85.4 Å². The molecule has 0 saturated heterocycles. The van der Waals surface area contributed by atoms with E-state index in [9.17, 15) is 0 Å². The molecule has 6 heavy (non-hydrogen) atoms. The van der Waals surface area contributed by atoms with Crippen LogP contribution >= 0.6 is 0 Å². The number of rotatable bonds is 0. The van der Waals surface area contributed by atoms with Gasteiger partial charge >= 0.3 is 59.1 Å². The monoisotopic (exact) mass is 101 g/mol. The predicted octanol–water partition coefficient (Wildman–Crippen LogP) is -8.61. The molecule has 0 aromatic heterocycles. The summed E-state index contributed by atoms with van der Waals surface area (Å²) in [5.41, 5.74) is 0. The largest absolute Gasteiger partial charge is 1.00 e. The molecule has 5 heteroatoms. The van der Waals surface area contributed by atoms with Crippen LogP contribution in [0.2, 0.25) is 0 Å². The van der Waals surface area contributed by atoms with Gasteiger partial charge in [-0.25, -0.2) is 0 Å². The van der Waals surface area contributed by atoms with Crippen LogP contribution < -0.4 is 59.1 Å². The first-order valence-electron chi connectivity index (χ1n) is 0.224. The molecule has 0 radical (unpaired) electrons. The molecule has 0 rings (SSSR count). The van der Waals surface area contributed by atoms with Gasteiger partial charge < -0.3 is 0 Å². The minimum absolute atomic E-state index is 0. The van der Waals surface area contributed by atoms with Gasteiger partial charge in [-0.2, -0.15) is 5.97 Å². The summed E-state index contributed by atoms with van der Waals surface area (Å²) in [7, 11) is 0.0694. The first-order chi connectivity index (χ1) is 1.41. The summed E-state index contributed by atoms with van der Waals surface area (Å²) in [4.78, 5) is 0. The molecule has 0 unspecified atom stereocenters. The molecule has 0 N–H and O–H groups in total. The van der Waals surface area contributed by atoms with E-state index >= 15 is 0 Å². The zero-order valence-corrected chi connectivity index (χ0v) is 6.95. The number of nitrogens with zero attached hydrogens (tertiary/aromatic N) is 1. The third-order valence-corrected chi connectivity index (χ3v) is 0. The van der Waals surface area contributed by atoms with E-state index in [1.807, 2.05) is 5.97 Å². The van der Waals surface area contributed by atoms with Crippen LogP contribution in [0.15, 0.2) is 0 Å². The number of hydrogen-bond donors (Lipinski definition) is 0. The van der Waals surface area contributed by atoms with Gasteiger partial charge in [-0.05, 0) is 0 Å². The third kappa shape index (κ3) is 45.7. The predicted molar refractivity (Wildman–Crippen MR) is 26.9 cm³/mol. The van der Waals surface area contributed by atoms with Gasteiger partial charge in [-0.1, -0.05) is 8.41 Å². The topological polar surface area (TPSA) is 23.8 Å². The summed E-state index contributed by atoms with van der Waals surface area (Å²) >= 11 is 0. The van der Waals surface area contributed by atoms with Crippen LogP contribution in [0.3, 0.4) is 0 Å². The quantitative estimate of drug-likeness (QED) is 0.278. The van der Waals surface area contributed by atoms with E-state index in [2.05, 4.69) is 0 Å². The molecule has 0 aliphatic carbocycles. The van der Waals surface area contributed by atoms with Crippen molar-refractivity contribution in [3.8, 4) is 5.97 Å². The average molecular weight is 101 g/mol. The van der Waals surface area contributed by atoms with Crippen molar-refractivity contribution < 1.29 is 59.1 Å². The van der Waals surface area contributed by atoms with Crippen molar-refractivity contribution in [1.29, 1.82) is 5.26 Å². The Kier molecular flexibility index (Phi) is 129. The van der Waals surface area contributed by atoms with Crippen molar-refractivity contribution >= 4 is 16.3 Å². The van der Waals surface area contributed by atoms with Crippen molar-refractivity contribution in [2.24, 2.45) is 0 Å². The van der Waals surface area contributed by atoms with E-state index in [1.54, 1.807) is 0 Å². The summed E-state index contributed by atoms with van der Waals surface area (Å²) in [6.07, 6.45) is 0. The first-order valence-corrected chi connectivity index (χ1v) is 0.224. The molecule has 0 aliphatic rings. The summed E-state index contributed by atoms with van der Waals surface area (Å²) in [6, 6.07) is 0. The molecule has 0 fully saturated rings. The van der Waals surface area contributed by atoms with Gasteiger partial charge in [0.15, 0.2) is 0 Å². The van der Waals surface area contributed by atoms with E-state index in [1.165, 1.54) is 0 Å². The van der Waals surface area contributed by atoms with Gasteiger partial charge in [0.2, 0.25) is 0 Å². The van der Waals surface area contributed by atoms with Crippen LogP contribution in [0.1, 0.15) is 0 Å². The zero-order valence-electron chi connectivity index (χ0n) is 2.95. The molecule has 0 heterocycles. The summed E-state index contributed by atoms with van der Waals surface area (Å²) < 4.78 is 0. The van der Waals surface area contributed by atoms with Gasteiger partial charge in [-0.3, -0.25) is 5.26 Å². The van der Waals surface area contributed by atoms with E-state index in [0.29, 0.717) is 0 Å². The molecule has 0 aromatic rings. The summed E-state index contributed by atoms with van der Waals surface area (Å²) in [5, 5.41) is 7.43. The van der Waals surface area contributed by atoms with Crippen molar-refractivity contribution in [2.45, 2.75) is 0 Å². The Morgan fingerprint density at radius 2 is 1.33 bits per heavy atom. The zero-order chi connectivity index (χ0) is 2.71. The van der Waals surface area contributed by atoms with Crippen molar-refractivity contribution in [1.82, 2.24) is 0 Å². The maximum atomic E-state index is 7.43. The molecule has 0 bridgehead atoms. The fourth-order valence-corrected chi connectivity index (χ4v) is 0. The number of hydrogen-bond acceptors (Lipinski definition) is 1. The number of nitriles is 1. The van der Waals surface area contributed by atoms with Gasteiger partial charge in [0.25, 0.3) is 0 Å². The maximum absolute atomic E-state index is 7.43. The fourth-order valence-electron chi connectivity index (χ4n) is 0. The van der Waals surface area contributed by atoms with Crippen LogP contribution in [-0.2, 0) is 0 Å². The van der Waals surface area contributed by atoms with Crippen LogP contribution in [0.5, 0.6) is 0 Å². The Hall–Kier alpha value is 1.62. The van der Waals surface area contributed by atoms with Crippen LogP contribution in [0.4, 0.5) is 0 Å². The fraction of sp³-hybridized carbons (Fsp3) is 0. The SMILES string of the molecule is [BH3-]C#N.[BH4-].[Na+].[Na+]. The van der Waals surface area contributed by atoms with Crippen LogP contribution in [0, 0.1) is 11.2 Å². The molecule has 0 aromatic carbocycles. The third-order valence-electron chi connectivity index (χ3n) is 0. The van der Waals surface area contributed by atoms with Crippen molar-refractivity contribution in [3.05, 3.63) is 0 Å². The van der Waals surface area contributed by atoms with E-state index in [0.717, 1.165) is 0 Å². The molecule has 1 nitrogen and oxygen atoms in total. The average Bonchev–Trinajstić information content (AvgIpc) is 0.918. The molecule has 0 amide bonds. The van der Waals surface area contributed by atoms with Crippen LogP contribution in [0.25, 0.3) is 0 Å². The van der Waals surface area contributed by atoms with Gasteiger partial charge in [0.05, 0.1) is 7.85 Å². The minimum atomic E-state index is 0. The molecule has 0 aliphatic heterocycles. The Morgan fingerprint density at radius 3 is 1.33 bits per heavy atom. The molecule has 0 saturated carbocycles.